The lowest BCUT2D eigenvalue weighted by molar-refractivity contribution is 0.405. The Labute approximate surface area is 133 Å². The molecule has 2 heterocycles. The predicted octanol–water partition coefficient (Wildman–Crippen LogP) is 2.95. The quantitative estimate of drug-likeness (QED) is 0.769. The summed E-state index contributed by atoms with van der Waals surface area (Å²) >= 11 is 9.54. The highest BCUT2D eigenvalue weighted by molar-refractivity contribution is 8.18. The first-order valence-electron chi connectivity index (χ1n) is 6.54. The number of benzene rings is 1. The lowest BCUT2D eigenvalue weighted by Crippen LogP contribution is -2.47. The summed E-state index contributed by atoms with van der Waals surface area (Å²) in [5, 5.41) is 0. The van der Waals surface area contributed by atoms with E-state index in [0.717, 1.165) is 17.1 Å². The van der Waals surface area contributed by atoms with E-state index in [1.165, 1.54) is 6.42 Å². The zero-order valence-corrected chi connectivity index (χ0v) is 14.1. The average molecular weight is 350 g/mol. The fraction of sp³-hybridized carbons (Fsp3) is 0.538. The van der Waals surface area contributed by atoms with Crippen molar-refractivity contribution in [3.05, 3.63) is 29.8 Å². The van der Waals surface area contributed by atoms with Crippen LogP contribution in [-0.2, 0) is 14.1 Å². The van der Waals surface area contributed by atoms with Crippen LogP contribution in [0.25, 0.3) is 0 Å². The first kappa shape index (κ1) is 15.0. The number of fused-ring (bicyclic) bond motifs is 2. The third-order valence-corrected chi connectivity index (χ3v) is 8.99. The molecule has 1 spiro atoms. The van der Waals surface area contributed by atoms with E-state index in [4.69, 9.17) is 11.6 Å². The van der Waals surface area contributed by atoms with E-state index in [0.29, 0.717) is 23.9 Å². The van der Waals surface area contributed by atoms with Crippen LogP contribution in [0.1, 0.15) is 12.0 Å². The molecule has 3 rings (SSSR count). The summed E-state index contributed by atoms with van der Waals surface area (Å²) < 4.78 is 26.7. The van der Waals surface area contributed by atoms with Gasteiger partial charge < -0.3 is 0 Å². The molecule has 3 nitrogen and oxygen atoms in total. The Hall–Kier alpha value is 0.120. The lowest BCUT2D eigenvalue weighted by Gasteiger charge is -2.44. The highest BCUT2D eigenvalue weighted by atomic mass is 35.5. The molecule has 1 aromatic carbocycles. The van der Waals surface area contributed by atoms with Gasteiger partial charge in [-0.05, 0) is 29.6 Å². The van der Waals surface area contributed by atoms with E-state index in [2.05, 4.69) is 0 Å². The van der Waals surface area contributed by atoms with Crippen LogP contribution in [-0.4, -0.2) is 43.2 Å². The van der Waals surface area contributed by atoms with Gasteiger partial charge in [0.1, 0.15) is 4.08 Å². The van der Waals surface area contributed by atoms with Crippen LogP contribution in [0, 0.1) is 0 Å². The van der Waals surface area contributed by atoms with Gasteiger partial charge in [0.2, 0.25) is 10.0 Å². The molecule has 0 N–H and O–H groups in total. The van der Waals surface area contributed by atoms with Gasteiger partial charge in [-0.25, -0.2) is 8.42 Å². The first-order valence-corrected chi connectivity index (χ1v) is 10.5. The number of hydrogen-bond acceptors (Lipinski definition) is 4. The van der Waals surface area contributed by atoms with E-state index >= 15 is 0 Å². The molecule has 20 heavy (non-hydrogen) atoms. The second-order valence-electron chi connectivity index (χ2n) is 4.83. The summed E-state index contributed by atoms with van der Waals surface area (Å²) in [4.78, 5) is 0.457. The van der Waals surface area contributed by atoms with Crippen molar-refractivity contribution in [2.24, 2.45) is 0 Å². The molecule has 2 aliphatic rings. The monoisotopic (exact) mass is 349 g/mol. The summed E-state index contributed by atoms with van der Waals surface area (Å²) in [5.74, 6) is 2.49. The van der Waals surface area contributed by atoms with Crippen LogP contribution < -0.4 is 0 Å². The molecule has 0 atom stereocenters. The third-order valence-electron chi connectivity index (χ3n) is 3.59. The minimum Gasteiger partial charge on any atom is -0.207 e. The van der Waals surface area contributed by atoms with E-state index in [-0.39, 0.29) is 4.08 Å². The van der Waals surface area contributed by atoms with Crippen molar-refractivity contribution in [3.63, 3.8) is 0 Å². The molecule has 0 saturated carbocycles. The van der Waals surface area contributed by atoms with Crippen molar-refractivity contribution in [1.29, 1.82) is 0 Å². The Balaban J connectivity index is 2.14. The highest BCUT2D eigenvalue weighted by Crippen LogP contribution is 2.55. The van der Waals surface area contributed by atoms with Gasteiger partial charge in [-0.3, -0.25) is 0 Å². The summed E-state index contributed by atoms with van der Waals surface area (Å²) in [6, 6.07) is 7.42. The van der Waals surface area contributed by atoms with E-state index < -0.39 is 10.0 Å². The maximum atomic E-state index is 12.7. The van der Waals surface area contributed by atoms with Crippen LogP contribution in [0.3, 0.4) is 0 Å². The van der Waals surface area contributed by atoms with Gasteiger partial charge in [0.25, 0.3) is 0 Å². The number of rotatable bonds is 2. The fourth-order valence-electron chi connectivity index (χ4n) is 2.66. The number of hydrogen-bond donors (Lipinski definition) is 0. The normalized spacial score (nSPS) is 24.4. The minimum absolute atomic E-state index is 0.160. The Morgan fingerprint density at radius 3 is 2.65 bits per heavy atom. The standard InChI is InChI=1S/C13H16ClNO2S3/c14-6-7-15-10-13(18-8-3-9-19-13)11-4-1-2-5-12(11)20(15,16)17/h1-2,4-5H,3,6-10H2. The number of sulfonamides is 1. The Kier molecular flexibility index (Phi) is 4.30. The number of nitrogens with zero attached hydrogens (tertiary/aromatic N) is 1. The van der Waals surface area contributed by atoms with Gasteiger partial charge >= 0.3 is 0 Å². The topological polar surface area (TPSA) is 37.4 Å². The third kappa shape index (κ3) is 2.39. The van der Waals surface area contributed by atoms with Crippen LogP contribution >= 0.6 is 35.1 Å². The summed E-state index contributed by atoms with van der Waals surface area (Å²) in [7, 11) is -3.40. The number of thioether (sulfide) groups is 2. The van der Waals surface area contributed by atoms with Crippen LogP contribution in [0.5, 0.6) is 0 Å². The van der Waals surface area contributed by atoms with Crippen LogP contribution in [0.2, 0.25) is 0 Å². The largest absolute Gasteiger partial charge is 0.243 e. The highest BCUT2D eigenvalue weighted by Gasteiger charge is 2.47. The van der Waals surface area contributed by atoms with Crippen molar-refractivity contribution >= 4 is 45.1 Å². The van der Waals surface area contributed by atoms with Crippen molar-refractivity contribution in [1.82, 2.24) is 4.31 Å². The maximum Gasteiger partial charge on any atom is 0.243 e. The van der Waals surface area contributed by atoms with Crippen LogP contribution in [0.15, 0.2) is 29.2 Å². The van der Waals surface area contributed by atoms with Gasteiger partial charge in [0.05, 0.1) is 4.90 Å². The molecule has 2 aliphatic heterocycles. The molecule has 7 heteroatoms. The lowest BCUT2D eigenvalue weighted by atomic mass is 10.1. The van der Waals surface area contributed by atoms with Crippen molar-refractivity contribution in [2.45, 2.75) is 15.4 Å². The Morgan fingerprint density at radius 2 is 1.95 bits per heavy atom. The maximum absolute atomic E-state index is 12.7. The van der Waals surface area contributed by atoms with Gasteiger partial charge in [0, 0.05) is 19.0 Å². The van der Waals surface area contributed by atoms with Crippen molar-refractivity contribution in [2.75, 3.05) is 30.5 Å². The molecule has 0 bridgehead atoms. The number of alkyl halides is 1. The fourth-order valence-corrected chi connectivity index (χ4v) is 8.42. The minimum atomic E-state index is -3.40. The Morgan fingerprint density at radius 1 is 1.25 bits per heavy atom. The van der Waals surface area contributed by atoms with E-state index in [1.54, 1.807) is 16.4 Å². The summed E-state index contributed by atoms with van der Waals surface area (Å²) in [6.07, 6.45) is 1.18. The smallest absolute Gasteiger partial charge is 0.207 e. The van der Waals surface area contributed by atoms with Crippen molar-refractivity contribution < 1.29 is 8.42 Å². The average Bonchev–Trinajstić information content (AvgIpc) is 2.47. The SMILES string of the molecule is O=S1(=O)c2ccccc2C2(CN1CCCl)SCCCS2. The molecule has 1 saturated heterocycles. The molecule has 1 fully saturated rings. The molecule has 0 amide bonds. The molecule has 0 aromatic heterocycles. The van der Waals surface area contributed by atoms with Gasteiger partial charge in [-0.15, -0.1) is 35.1 Å². The van der Waals surface area contributed by atoms with E-state index in [9.17, 15) is 8.42 Å². The van der Waals surface area contributed by atoms with Gasteiger partial charge in [-0.2, -0.15) is 4.31 Å². The molecule has 110 valence electrons. The molecule has 1 aromatic rings. The van der Waals surface area contributed by atoms with Gasteiger partial charge in [0.15, 0.2) is 0 Å². The molecule has 0 radical (unpaired) electrons. The summed E-state index contributed by atoms with van der Waals surface area (Å²) in [6.45, 7) is 0.898. The van der Waals surface area contributed by atoms with Crippen LogP contribution in [0.4, 0.5) is 0 Å². The summed E-state index contributed by atoms with van der Waals surface area (Å²) in [5.41, 5.74) is 0.959. The van der Waals surface area contributed by atoms with Crippen molar-refractivity contribution in [3.8, 4) is 0 Å². The Bertz CT molecular complexity index is 599. The van der Waals surface area contributed by atoms with Gasteiger partial charge in [-0.1, -0.05) is 18.2 Å². The zero-order valence-electron chi connectivity index (χ0n) is 10.9. The second kappa shape index (κ2) is 5.72. The second-order valence-corrected chi connectivity index (χ2v) is 10.2. The van der Waals surface area contributed by atoms with E-state index in [1.807, 2.05) is 35.7 Å². The molecule has 0 unspecified atom stereocenters. The molecular weight excluding hydrogens is 334 g/mol. The number of halogens is 1. The predicted molar refractivity (Wildman–Crippen MR) is 87.1 cm³/mol. The zero-order chi connectivity index (χ0) is 14.2. The first-order chi connectivity index (χ1) is 9.60. The molecule has 0 aliphatic carbocycles. The molecular formula is C13H16ClNO2S3.